The summed E-state index contributed by atoms with van der Waals surface area (Å²) in [5, 5.41) is 1.46. The zero-order chi connectivity index (χ0) is 14.9. The quantitative estimate of drug-likeness (QED) is 0.825. The highest BCUT2D eigenvalue weighted by atomic mass is 35.5. The van der Waals surface area contributed by atoms with Crippen molar-refractivity contribution in [3.05, 3.63) is 35.0 Å². The molecule has 0 bridgehead atoms. The number of carbonyl (C=O) groups is 1. The van der Waals surface area contributed by atoms with Crippen LogP contribution >= 0.6 is 11.6 Å². The average Bonchev–Trinajstić information content (AvgIpc) is 2.69. The molecule has 0 radical (unpaired) electrons. The lowest BCUT2D eigenvalue weighted by Gasteiger charge is -2.09. The van der Waals surface area contributed by atoms with Crippen molar-refractivity contribution in [3.8, 4) is 0 Å². The summed E-state index contributed by atoms with van der Waals surface area (Å²) in [5.41, 5.74) is 7.26. The predicted molar refractivity (Wildman–Crippen MR) is 75.9 cm³/mol. The van der Waals surface area contributed by atoms with Crippen molar-refractivity contribution in [1.82, 2.24) is 4.98 Å². The van der Waals surface area contributed by atoms with Crippen molar-refractivity contribution in [3.63, 3.8) is 0 Å². The Bertz CT molecular complexity index is 754. The van der Waals surface area contributed by atoms with Crippen molar-refractivity contribution < 1.29 is 17.4 Å². The molecule has 0 saturated carbocycles. The highest BCUT2D eigenvalue weighted by molar-refractivity contribution is 7.86. The summed E-state index contributed by atoms with van der Waals surface area (Å²) in [5.74, 6) is -0.976. The first-order valence-corrected chi connectivity index (χ1v) is 7.90. The van der Waals surface area contributed by atoms with Gasteiger partial charge in [-0.15, -0.1) is 0 Å². The maximum absolute atomic E-state index is 11.5. The molecule has 0 unspecified atom stereocenters. The smallest absolute Gasteiger partial charge is 0.339 e. The first-order valence-electron chi connectivity index (χ1n) is 5.70. The van der Waals surface area contributed by atoms with Gasteiger partial charge in [0.25, 0.3) is 0 Å². The molecule has 0 fully saturated rings. The van der Waals surface area contributed by atoms with Gasteiger partial charge in [-0.2, -0.15) is 8.42 Å². The molecule has 108 valence electrons. The van der Waals surface area contributed by atoms with E-state index in [9.17, 15) is 13.2 Å². The Morgan fingerprint density at radius 3 is 2.85 bits per heavy atom. The second kappa shape index (κ2) is 5.43. The molecule has 2 rings (SSSR count). The van der Waals surface area contributed by atoms with E-state index >= 15 is 0 Å². The molecule has 20 heavy (non-hydrogen) atoms. The van der Waals surface area contributed by atoms with E-state index in [1.54, 1.807) is 24.4 Å². The maximum Gasteiger partial charge on any atom is 0.339 e. The Morgan fingerprint density at radius 1 is 1.50 bits per heavy atom. The number of nitrogens with two attached hydrogens (primary N) is 1. The minimum atomic E-state index is -3.85. The van der Waals surface area contributed by atoms with E-state index in [1.807, 2.05) is 0 Å². The minimum absolute atomic E-state index is 0.163. The highest BCUT2D eigenvalue weighted by Crippen LogP contribution is 2.22. The number of rotatable bonds is 4. The summed E-state index contributed by atoms with van der Waals surface area (Å²) < 4.78 is 26.0. The summed E-state index contributed by atoms with van der Waals surface area (Å²) in [6.45, 7) is 0. The summed E-state index contributed by atoms with van der Waals surface area (Å²) >= 11 is 5.87. The van der Waals surface area contributed by atoms with E-state index in [0.717, 1.165) is 22.7 Å². The average molecular weight is 317 g/mol. The lowest BCUT2D eigenvalue weighted by atomic mass is 10.1. The van der Waals surface area contributed by atoms with E-state index in [0.29, 0.717) is 5.02 Å². The predicted octanol–water partition coefficient (Wildman–Crippen LogP) is 1.19. The first-order chi connectivity index (χ1) is 9.26. The van der Waals surface area contributed by atoms with Crippen LogP contribution in [0, 0.1) is 0 Å². The van der Waals surface area contributed by atoms with Gasteiger partial charge >= 0.3 is 16.1 Å². The first kappa shape index (κ1) is 14.8. The zero-order valence-electron chi connectivity index (χ0n) is 10.6. The van der Waals surface area contributed by atoms with Crippen LogP contribution < -0.4 is 5.73 Å². The van der Waals surface area contributed by atoms with Crippen LogP contribution in [-0.4, -0.2) is 31.7 Å². The molecule has 0 amide bonds. The third-order valence-electron chi connectivity index (χ3n) is 2.71. The molecule has 1 aromatic heterocycles. The van der Waals surface area contributed by atoms with E-state index in [1.165, 1.54) is 0 Å². The van der Waals surface area contributed by atoms with Crippen LogP contribution in [0.5, 0.6) is 0 Å². The van der Waals surface area contributed by atoms with Crippen LogP contribution in [0.3, 0.4) is 0 Å². The van der Waals surface area contributed by atoms with E-state index in [4.69, 9.17) is 17.3 Å². The molecule has 0 aliphatic rings. The molecule has 0 aliphatic heterocycles. The molecule has 8 heteroatoms. The standard InChI is InChI=1S/C12H13ClN2O4S/c1-20(17,18)19-12(16)10(14)4-7-6-15-11-5-8(13)2-3-9(7)11/h2-3,5-6,10,15H,4,14H2,1H3/t10-/m1/s1. The second-order valence-corrected chi connectivity index (χ2v) is 6.43. The molecule has 2 aromatic rings. The molecule has 1 heterocycles. The monoisotopic (exact) mass is 316 g/mol. The number of halogens is 1. The third-order valence-corrected chi connectivity index (χ3v) is 3.41. The number of hydrogen-bond acceptors (Lipinski definition) is 5. The molecule has 0 saturated heterocycles. The Hall–Kier alpha value is -1.57. The van der Waals surface area contributed by atoms with E-state index in [-0.39, 0.29) is 6.42 Å². The summed E-state index contributed by atoms with van der Waals surface area (Å²) in [4.78, 5) is 14.5. The van der Waals surface area contributed by atoms with Gasteiger partial charge in [-0.05, 0) is 17.7 Å². The van der Waals surface area contributed by atoms with Gasteiger partial charge in [0.05, 0.1) is 6.26 Å². The largest absolute Gasteiger partial charge is 0.361 e. The molecule has 0 aliphatic carbocycles. The minimum Gasteiger partial charge on any atom is -0.361 e. The Kier molecular flexibility index (Phi) is 4.03. The molecular formula is C12H13ClN2O4S. The number of benzene rings is 1. The van der Waals surface area contributed by atoms with Gasteiger partial charge in [0.2, 0.25) is 0 Å². The molecular weight excluding hydrogens is 304 g/mol. The molecule has 0 spiro atoms. The molecule has 1 aromatic carbocycles. The fraction of sp³-hybridized carbons (Fsp3) is 0.250. The maximum atomic E-state index is 11.5. The van der Waals surface area contributed by atoms with Gasteiger partial charge in [0.15, 0.2) is 0 Å². The fourth-order valence-electron chi connectivity index (χ4n) is 1.86. The van der Waals surface area contributed by atoms with Crippen LogP contribution in [0.4, 0.5) is 0 Å². The normalized spacial score (nSPS) is 13.3. The Balaban J connectivity index is 2.18. The number of aromatic amines is 1. The van der Waals surface area contributed by atoms with Crippen molar-refractivity contribution in [2.45, 2.75) is 12.5 Å². The van der Waals surface area contributed by atoms with E-state index < -0.39 is 22.1 Å². The van der Waals surface area contributed by atoms with Crippen molar-refractivity contribution in [2.24, 2.45) is 5.73 Å². The lowest BCUT2D eigenvalue weighted by Crippen LogP contribution is -2.35. The van der Waals surface area contributed by atoms with Crippen molar-refractivity contribution >= 4 is 38.6 Å². The van der Waals surface area contributed by atoms with Gasteiger partial charge in [0, 0.05) is 28.5 Å². The SMILES string of the molecule is CS(=O)(=O)OC(=O)[C@H](N)Cc1c[nH]c2cc(Cl)ccc12. The highest BCUT2D eigenvalue weighted by Gasteiger charge is 2.21. The third kappa shape index (κ3) is 3.50. The van der Waals surface area contributed by atoms with E-state index in [2.05, 4.69) is 9.17 Å². The summed E-state index contributed by atoms with van der Waals surface area (Å²) in [6, 6.07) is 4.22. The van der Waals surface area contributed by atoms with Gasteiger partial charge in [-0.3, -0.25) is 0 Å². The van der Waals surface area contributed by atoms with Crippen LogP contribution in [0.2, 0.25) is 5.02 Å². The molecule has 1 atom stereocenters. The summed E-state index contributed by atoms with van der Waals surface area (Å²) in [6.07, 6.45) is 2.66. The summed E-state index contributed by atoms with van der Waals surface area (Å²) in [7, 11) is -3.85. The van der Waals surface area contributed by atoms with Crippen LogP contribution in [0.1, 0.15) is 5.56 Å². The van der Waals surface area contributed by atoms with Gasteiger partial charge < -0.3 is 14.9 Å². The zero-order valence-corrected chi connectivity index (χ0v) is 12.2. The molecule has 6 nitrogen and oxygen atoms in total. The number of H-pyrrole nitrogens is 1. The van der Waals surface area contributed by atoms with Crippen LogP contribution in [0.15, 0.2) is 24.4 Å². The van der Waals surface area contributed by atoms with Gasteiger partial charge in [-0.25, -0.2) is 4.79 Å². The lowest BCUT2D eigenvalue weighted by molar-refractivity contribution is -0.135. The second-order valence-electron chi connectivity index (χ2n) is 4.42. The fourth-order valence-corrected chi connectivity index (χ4v) is 2.45. The number of hydrogen-bond donors (Lipinski definition) is 2. The van der Waals surface area contributed by atoms with Gasteiger partial charge in [0.1, 0.15) is 6.04 Å². The number of nitrogens with one attached hydrogen (secondary N) is 1. The van der Waals surface area contributed by atoms with Crippen LogP contribution in [-0.2, 0) is 25.5 Å². The number of carbonyl (C=O) groups excluding carboxylic acids is 1. The van der Waals surface area contributed by atoms with Crippen LogP contribution in [0.25, 0.3) is 10.9 Å². The number of fused-ring (bicyclic) bond motifs is 1. The Morgan fingerprint density at radius 2 is 2.20 bits per heavy atom. The van der Waals surface area contributed by atoms with Crippen molar-refractivity contribution in [2.75, 3.05) is 6.26 Å². The topological polar surface area (TPSA) is 102 Å². The Labute approximate surface area is 121 Å². The van der Waals surface area contributed by atoms with Crippen molar-refractivity contribution in [1.29, 1.82) is 0 Å². The molecule has 3 N–H and O–H groups in total. The number of aromatic nitrogens is 1. The van der Waals surface area contributed by atoms with Gasteiger partial charge in [-0.1, -0.05) is 17.7 Å².